The fourth-order valence-electron chi connectivity index (χ4n) is 1.84. The predicted octanol–water partition coefficient (Wildman–Crippen LogP) is 3.25. The van der Waals surface area contributed by atoms with Gasteiger partial charge in [0, 0.05) is 0 Å². The standard InChI is InChI=1S/C14H10N4OS/c1-8-6-20-13-12(8)17-7-18-14(13)19-11-3-2-9(5-15)4-10(11)16/h2-4,6-7H,16H2,1H3. The normalized spacial score (nSPS) is 10.4. The smallest absolute Gasteiger partial charge is 0.240 e. The lowest BCUT2D eigenvalue weighted by atomic mass is 10.2. The van der Waals surface area contributed by atoms with Crippen molar-refractivity contribution in [3.8, 4) is 17.7 Å². The first-order valence-corrected chi connectivity index (χ1v) is 6.73. The Hall–Kier alpha value is -2.65. The zero-order valence-corrected chi connectivity index (χ0v) is 11.4. The van der Waals surface area contributed by atoms with Crippen molar-refractivity contribution in [2.45, 2.75) is 6.92 Å². The second-order valence-corrected chi connectivity index (χ2v) is 5.12. The van der Waals surface area contributed by atoms with Crippen molar-refractivity contribution in [3.05, 3.63) is 41.0 Å². The first kappa shape index (κ1) is 12.4. The van der Waals surface area contributed by atoms with E-state index in [-0.39, 0.29) is 0 Å². The number of nitrogens with two attached hydrogens (primary N) is 1. The number of benzene rings is 1. The summed E-state index contributed by atoms with van der Waals surface area (Å²) in [6.45, 7) is 1.99. The molecular formula is C14H10N4OS. The second-order valence-electron chi connectivity index (χ2n) is 4.24. The first-order chi connectivity index (χ1) is 9.69. The van der Waals surface area contributed by atoms with Crippen LogP contribution in [0.3, 0.4) is 0 Å². The zero-order valence-electron chi connectivity index (χ0n) is 10.6. The molecular weight excluding hydrogens is 272 g/mol. The number of hydrogen-bond donors (Lipinski definition) is 1. The zero-order chi connectivity index (χ0) is 14.1. The van der Waals surface area contributed by atoms with Crippen LogP contribution in [0.5, 0.6) is 11.6 Å². The van der Waals surface area contributed by atoms with E-state index in [9.17, 15) is 0 Å². The number of nitrogen functional groups attached to an aromatic ring is 1. The lowest BCUT2D eigenvalue weighted by Crippen LogP contribution is -1.95. The van der Waals surface area contributed by atoms with Crippen LogP contribution in [0.1, 0.15) is 11.1 Å². The Balaban J connectivity index is 2.04. The lowest BCUT2D eigenvalue weighted by Gasteiger charge is -2.08. The molecule has 6 heteroatoms. The molecule has 3 rings (SSSR count). The topological polar surface area (TPSA) is 84.8 Å². The van der Waals surface area contributed by atoms with Gasteiger partial charge < -0.3 is 10.5 Å². The van der Waals surface area contributed by atoms with Gasteiger partial charge in [-0.3, -0.25) is 0 Å². The molecule has 0 saturated heterocycles. The third kappa shape index (κ3) is 2.04. The number of aryl methyl sites for hydroxylation is 1. The summed E-state index contributed by atoms with van der Waals surface area (Å²) in [5.41, 5.74) is 8.75. The van der Waals surface area contributed by atoms with E-state index < -0.39 is 0 Å². The first-order valence-electron chi connectivity index (χ1n) is 5.85. The van der Waals surface area contributed by atoms with Crippen molar-refractivity contribution in [1.82, 2.24) is 9.97 Å². The third-order valence-corrected chi connectivity index (χ3v) is 3.92. The number of ether oxygens (including phenoxy) is 1. The highest BCUT2D eigenvalue weighted by molar-refractivity contribution is 7.17. The highest BCUT2D eigenvalue weighted by atomic mass is 32.1. The van der Waals surface area contributed by atoms with E-state index >= 15 is 0 Å². The molecule has 0 aliphatic carbocycles. The van der Waals surface area contributed by atoms with Gasteiger partial charge >= 0.3 is 0 Å². The molecule has 0 aliphatic rings. The summed E-state index contributed by atoms with van der Waals surface area (Å²) < 4.78 is 6.64. The van der Waals surface area contributed by atoms with Gasteiger partial charge in [-0.15, -0.1) is 11.3 Å². The molecule has 0 spiro atoms. The number of nitrogens with zero attached hydrogens (tertiary/aromatic N) is 3. The van der Waals surface area contributed by atoms with Crippen molar-refractivity contribution in [3.63, 3.8) is 0 Å². The molecule has 3 aromatic rings. The molecule has 0 unspecified atom stereocenters. The molecule has 98 valence electrons. The number of hydrogen-bond acceptors (Lipinski definition) is 6. The Labute approximate surface area is 119 Å². The molecule has 1 aromatic carbocycles. The van der Waals surface area contributed by atoms with Crippen LogP contribution in [-0.4, -0.2) is 9.97 Å². The molecule has 0 atom stereocenters. The third-order valence-electron chi connectivity index (χ3n) is 2.84. The van der Waals surface area contributed by atoms with Crippen LogP contribution in [0.2, 0.25) is 0 Å². The summed E-state index contributed by atoms with van der Waals surface area (Å²) in [6, 6.07) is 6.93. The fraction of sp³-hybridized carbons (Fsp3) is 0.0714. The maximum Gasteiger partial charge on any atom is 0.240 e. The predicted molar refractivity (Wildman–Crippen MR) is 77.8 cm³/mol. The Morgan fingerprint density at radius 1 is 1.35 bits per heavy atom. The molecule has 0 saturated carbocycles. The van der Waals surface area contributed by atoms with Gasteiger partial charge in [-0.1, -0.05) is 0 Å². The quantitative estimate of drug-likeness (QED) is 0.729. The highest BCUT2D eigenvalue weighted by Crippen LogP contribution is 2.34. The van der Waals surface area contributed by atoms with Gasteiger partial charge in [0.2, 0.25) is 5.88 Å². The number of thiophene rings is 1. The van der Waals surface area contributed by atoms with Crippen LogP contribution >= 0.6 is 11.3 Å². The average Bonchev–Trinajstić information content (AvgIpc) is 2.84. The Morgan fingerprint density at radius 3 is 2.95 bits per heavy atom. The van der Waals surface area contributed by atoms with Gasteiger partial charge in [0.05, 0.1) is 22.8 Å². The van der Waals surface area contributed by atoms with Crippen LogP contribution in [0, 0.1) is 18.3 Å². The molecule has 2 aromatic heterocycles. The second kappa shape index (κ2) is 4.79. The number of aromatic nitrogens is 2. The van der Waals surface area contributed by atoms with E-state index in [0.717, 1.165) is 15.8 Å². The Morgan fingerprint density at radius 2 is 2.20 bits per heavy atom. The molecule has 0 radical (unpaired) electrons. The van der Waals surface area contributed by atoms with E-state index in [0.29, 0.717) is 22.9 Å². The van der Waals surface area contributed by atoms with E-state index in [2.05, 4.69) is 9.97 Å². The fourth-order valence-corrected chi connectivity index (χ4v) is 2.76. The van der Waals surface area contributed by atoms with Crippen LogP contribution < -0.4 is 10.5 Å². The summed E-state index contributed by atoms with van der Waals surface area (Å²) in [7, 11) is 0. The van der Waals surface area contributed by atoms with Crippen LogP contribution in [-0.2, 0) is 0 Å². The maximum atomic E-state index is 8.82. The van der Waals surface area contributed by atoms with E-state index in [4.69, 9.17) is 15.7 Å². The monoisotopic (exact) mass is 282 g/mol. The van der Waals surface area contributed by atoms with E-state index in [1.54, 1.807) is 18.2 Å². The van der Waals surface area contributed by atoms with Gasteiger partial charge in [0.25, 0.3) is 0 Å². The SMILES string of the molecule is Cc1csc2c(Oc3ccc(C#N)cc3N)ncnc12. The number of fused-ring (bicyclic) bond motifs is 1. The lowest BCUT2D eigenvalue weighted by molar-refractivity contribution is 0.471. The largest absolute Gasteiger partial charge is 0.435 e. The molecule has 0 bridgehead atoms. The van der Waals surface area contributed by atoms with Gasteiger partial charge in [-0.05, 0) is 36.1 Å². The van der Waals surface area contributed by atoms with Gasteiger partial charge in [-0.2, -0.15) is 5.26 Å². The molecule has 2 heterocycles. The molecule has 2 N–H and O–H groups in total. The van der Waals surface area contributed by atoms with Crippen LogP contribution in [0.25, 0.3) is 10.2 Å². The number of nitriles is 1. The Kier molecular flexibility index (Phi) is 2.97. The van der Waals surface area contributed by atoms with Gasteiger partial charge in [0.1, 0.15) is 11.0 Å². The maximum absolute atomic E-state index is 8.82. The summed E-state index contributed by atoms with van der Waals surface area (Å²) in [6.07, 6.45) is 1.47. The molecule has 0 fully saturated rings. The summed E-state index contributed by atoms with van der Waals surface area (Å²) in [5, 5.41) is 10.8. The molecule has 20 heavy (non-hydrogen) atoms. The minimum absolute atomic E-state index is 0.407. The summed E-state index contributed by atoms with van der Waals surface area (Å²) in [4.78, 5) is 8.39. The summed E-state index contributed by atoms with van der Waals surface area (Å²) in [5.74, 6) is 0.958. The van der Waals surface area contributed by atoms with Crippen molar-refractivity contribution in [2.75, 3.05) is 5.73 Å². The van der Waals surface area contributed by atoms with Crippen molar-refractivity contribution in [2.24, 2.45) is 0 Å². The highest BCUT2D eigenvalue weighted by Gasteiger charge is 2.11. The minimum Gasteiger partial charge on any atom is -0.435 e. The molecule has 5 nitrogen and oxygen atoms in total. The molecule has 0 aliphatic heterocycles. The molecule has 0 amide bonds. The minimum atomic E-state index is 0.407. The Bertz CT molecular complexity index is 835. The van der Waals surface area contributed by atoms with Crippen molar-refractivity contribution < 1.29 is 4.74 Å². The van der Waals surface area contributed by atoms with Gasteiger partial charge in [0.15, 0.2) is 5.75 Å². The van der Waals surface area contributed by atoms with E-state index in [1.165, 1.54) is 17.7 Å². The van der Waals surface area contributed by atoms with Crippen molar-refractivity contribution in [1.29, 1.82) is 5.26 Å². The summed E-state index contributed by atoms with van der Waals surface area (Å²) >= 11 is 1.53. The van der Waals surface area contributed by atoms with E-state index in [1.807, 2.05) is 18.4 Å². The average molecular weight is 282 g/mol. The van der Waals surface area contributed by atoms with Crippen LogP contribution in [0.15, 0.2) is 29.9 Å². The number of rotatable bonds is 2. The van der Waals surface area contributed by atoms with Gasteiger partial charge in [-0.25, -0.2) is 9.97 Å². The van der Waals surface area contributed by atoms with Crippen molar-refractivity contribution >= 4 is 27.2 Å². The van der Waals surface area contributed by atoms with Crippen LogP contribution in [0.4, 0.5) is 5.69 Å². The number of anilines is 1.